The van der Waals surface area contributed by atoms with Crippen LogP contribution in [0.1, 0.15) is 5.56 Å². The van der Waals surface area contributed by atoms with E-state index in [1.807, 2.05) is 36.4 Å². The molecule has 104 valence electrons. The van der Waals surface area contributed by atoms with E-state index in [0.29, 0.717) is 6.54 Å². The Bertz CT molecular complexity index is 787. The number of aromatic nitrogens is 1. The van der Waals surface area contributed by atoms with Crippen molar-refractivity contribution >= 4 is 16.8 Å². The Morgan fingerprint density at radius 2 is 1.81 bits per heavy atom. The molecule has 0 aliphatic carbocycles. The molecule has 0 fully saturated rings. The van der Waals surface area contributed by atoms with Gasteiger partial charge in [0, 0.05) is 23.0 Å². The van der Waals surface area contributed by atoms with Crippen LogP contribution in [0.15, 0.2) is 67.3 Å². The maximum atomic E-state index is 11.5. The summed E-state index contributed by atoms with van der Waals surface area (Å²) in [5.74, 6) is -0.167. The molecule has 3 heteroatoms. The van der Waals surface area contributed by atoms with Crippen LogP contribution in [0.5, 0.6) is 0 Å². The van der Waals surface area contributed by atoms with Crippen molar-refractivity contribution in [3.63, 3.8) is 0 Å². The van der Waals surface area contributed by atoms with E-state index < -0.39 is 0 Å². The summed E-state index contributed by atoms with van der Waals surface area (Å²) in [6, 6.07) is 18.2. The Balaban J connectivity index is 2.10. The van der Waals surface area contributed by atoms with Crippen molar-refractivity contribution in [2.45, 2.75) is 6.54 Å². The van der Waals surface area contributed by atoms with E-state index in [1.54, 1.807) is 0 Å². The van der Waals surface area contributed by atoms with Gasteiger partial charge in [0.25, 0.3) is 0 Å². The third-order valence-corrected chi connectivity index (χ3v) is 3.50. The van der Waals surface area contributed by atoms with E-state index in [1.165, 1.54) is 6.08 Å². The average Bonchev–Trinajstić information content (AvgIpc) is 2.92. The van der Waals surface area contributed by atoms with E-state index >= 15 is 0 Å². The van der Waals surface area contributed by atoms with E-state index in [4.69, 9.17) is 0 Å². The second-order valence-corrected chi connectivity index (χ2v) is 4.81. The summed E-state index contributed by atoms with van der Waals surface area (Å²) < 4.78 is 0. The molecule has 0 bridgehead atoms. The number of rotatable bonds is 4. The number of carbonyl (C=O) groups excluding carboxylic acids is 1. The lowest BCUT2D eigenvalue weighted by Gasteiger charge is -2.06. The fourth-order valence-corrected chi connectivity index (χ4v) is 2.48. The normalized spacial score (nSPS) is 10.5. The summed E-state index contributed by atoms with van der Waals surface area (Å²) in [5, 5.41) is 3.99. The lowest BCUT2D eigenvalue weighted by molar-refractivity contribution is -0.116. The predicted octanol–water partition coefficient (Wildman–Crippen LogP) is 3.64. The van der Waals surface area contributed by atoms with E-state index in [9.17, 15) is 4.79 Å². The molecule has 2 aromatic carbocycles. The molecule has 3 rings (SSSR count). The number of nitrogens with one attached hydrogen (secondary N) is 2. The van der Waals surface area contributed by atoms with Gasteiger partial charge in [-0.2, -0.15) is 0 Å². The number of amides is 1. The Hall–Kier alpha value is -2.81. The number of carbonyl (C=O) groups is 1. The van der Waals surface area contributed by atoms with Gasteiger partial charge in [0.15, 0.2) is 0 Å². The third-order valence-electron chi connectivity index (χ3n) is 3.50. The fourth-order valence-electron chi connectivity index (χ4n) is 2.48. The number of H-pyrrole nitrogens is 1. The Kier molecular flexibility index (Phi) is 3.56. The van der Waals surface area contributed by atoms with Crippen LogP contribution in [-0.4, -0.2) is 10.9 Å². The molecule has 0 radical (unpaired) electrons. The minimum atomic E-state index is -0.167. The molecule has 21 heavy (non-hydrogen) atoms. The van der Waals surface area contributed by atoms with Gasteiger partial charge in [0.1, 0.15) is 0 Å². The van der Waals surface area contributed by atoms with Gasteiger partial charge < -0.3 is 10.3 Å². The van der Waals surface area contributed by atoms with Crippen LogP contribution in [0, 0.1) is 0 Å². The summed E-state index contributed by atoms with van der Waals surface area (Å²) in [5.41, 5.74) is 4.31. The molecule has 0 saturated carbocycles. The summed E-state index contributed by atoms with van der Waals surface area (Å²) in [6.45, 7) is 3.95. The first kappa shape index (κ1) is 13.2. The number of para-hydroxylation sites is 1. The molecule has 2 N–H and O–H groups in total. The lowest BCUT2D eigenvalue weighted by atomic mass is 10.1. The third kappa shape index (κ3) is 2.58. The SMILES string of the molecule is C=CC(=O)NCc1c(-c2ccccc2)[nH]c2ccccc12. The second kappa shape index (κ2) is 5.67. The van der Waals surface area contributed by atoms with Gasteiger partial charge >= 0.3 is 0 Å². The highest BCUT2D eigenvalue weighted by Crippen LogP contribution is 2.30. The highest BCUT2D eigenvalue weighted by Gasteiger charge is 2.12. The number of hydrogen-bond acceptors (Lipinski definition) is 1. The molecular weight excluding hydrogens is 260 g/mol. The van der Waals surface area contributed by atoms with Crippen molar-refractivity contribution in [2.24, 2.45) is 0 Å². The largest absolute Gasteiger partial charge is 0.354 e. The van der Waals surface area contributed by atoms with Gasteiger partial charge in [-0.3, -0.25) is 4.79 Å². The molecule has 1 aromatic heterocycles. The molecule has 0 aliphatic rings. The van der Waals surface area contributed by atoms with Gasteiger partial charge in [-0.1, -0.05) is 55.1 Å². The quantitative estimate of drug-likeness (QED) is 0.702. The molecule has 1 amide bonds. The Morgan fingerprint density at radius 3 is 2.57 bits per heavy atom. The van der Waals surface area contributed by atoms with Crippen LogP contribution >= 0.6 is 0 Å². The molecular formula is C18H16N2O. The molecule has 0 saturated heterocycles. The monoisotopic (exact) mass is 276 g/mol. The van der Waals surface area contributed by atoms with Crippen molar-refractivity contribution < 1.29 is 4.79 Å². The van der Waals surface area contributed by atoms with Crippen molar-refractivity contribution in [1.29, 1.82) is 0 Å². The fraction of sp³-hybridized carbons (Fsp3) is 0.0556. The van der Waals surface area contributed by atoms with E-state index in [2.05, 4.69) is 35.1 Å². The maximum Gasteiger partial charge on any atom is 0.243 e. The van der Waals surface area contributed by atoms with Crippen LogP contribution in [-0.2, 0) is 11.3 Å². The van der Waals surface area contributed by atoms with Gasteiger partial charge in [-0.05, 0) is 17.7 Å². The molecule has 0 atom stereocenters. The van der Waals surface area contributed by atoms with Crippen molar-refractivity contribution in [3.8, 4) is 11.3 Å². The molecule has 0 spiro atoms. The van der Waals surface area contributed by atoms with Crippen LogP contribution < -0.4 is 5.32 Å². The number of benzene rings is 2. The standard InChI is InChI=1S/C18H16N2O/c1-2-17(21)19-12-15-14-10-6-7-11-16(14)20-18(15)13-8-4-3-5-9-13/h2-11,20H,1,12H2,(H,19,21). The zero-order valence-corrected chi connectivity index (χ0v) is 11.6. The van der Waals surface area contributed by atoms with Gasteiger partial charge in [0.2, 0.25) is 5.91 Å². The number of hydrogen-bond donors (Lipinski definition) is 2. The van der Waals surface area contributed by atoms with Gasteiger partial charge in [-0.25, -0.2) is 0 Å². The highest BCUT2D eigenvalue weighted by atomic mass is 16.1. The Labute approximate surface area is 123 Å². The van der Waals surface area contributed by atoms with Crippen LogP contribution in [0.25, 0.3) is 22.2 Å². The minimum Gasteiger partial charge on any atom is -0.354 e. The molecule has 0 unspecified atom stereocenters. The lowest BCUT2D eigenvalue weighted by Crippen LogP contribution is -2.20. The zero-order valence-electron chi connectivity index (χ0n) is 11.6. The first-order valence-corrected chi connectivity index (χ1v) is 6.85. The smallest absolute Gasteiger partial charge is 0.243 e. The van der Waals surface area contributed by atoms with Crippen molar-refractivity contribution in [1.82, 2.24) is 10.3 Å². The van der Waals surface area contributed by atoms with Crippen molar-refractivity contribution in [2.75, 3.05) is 0 Å². The molecule has 1 heterocycles. The molecule has 0 aliphatic heterocycles. The van der Waals surface area contributed by atoms with Gasteiger partial charge in [-0.15, -0.1) is 0 Å². The summed E-state index contributed by atoms with van der Waals surface area (Å²) in [6.07, 6.45) is 1.29. The topological polar surface area (TPSA) is 44.9 Å². The van der Waals surface area contributed by atoms with E-state index in [0.717, 1.165) is 27.7 Å². The number of fused-ring (bicyclic) bond motifs is 1. The van der Waals surface area contributed by atoms with Crippen LogP contribution in [0.4, 0.5) is 0 Å². The van der Waals surface area contributed by atoms with E-state index in [-0.39, 0.29) is 5.91 Å². The predicted molar refractivity (Wildman–Crippen MR) is 85.8 cm³/mol. The maximum absolute atomic E-state index is 11.5. The Morgan fingerprint density at radius 1 is 1.10 bits per heavy atom. The first-order valence-electron chi connectivity index (χ1n) is 6.85. The van der Waals surface area contributed by atoms with Crippen molar-refractivity contribution in [3.05, 3.63) is 72.8 Å². The highest BCUT2D eigenvalue weighted by molar-refractivity contribution is 5.92. The minimum absolute atomic E-state index is 0.167. The summed E-state index contributed by atoms with van der Waals surface area (Å²) in [7, 11) is 0. The molecule has 3 nitrogen and oxygen atoms in total. The zero-order chi connectivity index (χ0) is 14.7. The second-order valence-electron chi connectivity index (χ2n) is 4.81. The van der Waals surface area contributed by atoms with Gasteiger partial charge in [0.05, 0.1) is 5.69 Å². The number of aromatic amines is 1. The molecule has 3 aromatic rings. The average molecular weight is 276 g/mol. The first-order chi connectivity index (χ1) is 10.3. The summed E-state index contributed by atoms with van der Waals surface area (Å²) >= 11 is 0. The van der Waals surface area contributed by atoms with Crippen LogP contribution in [0.3, 0.4) is 0 Å². The van der Waals surface area contributed by atoms with Crippen LogP contribution in [0.2, 0.25) is 0 Å². The summed E-state index contributed by atoms with van der Waals surface area (Å²) in [4.78, 5) is 14.9.